The Balaban J connectivity index is 2.12. The lowest BCUT2D eigenvalue weighted by Crippen LogP contribution is -2.21. The van der Waals surface area contributed by atoms with E-state index in [0.717, 1.165) is 34.9 Å². The lowest BCUT2D eigenvalue weighted by atomic mass is 10.0. The summed E-state index contributed by atoms with van der Waals surface area (Å²) in [4.78, 5) is 1.19. The van der Waals surface area contributed by atoms with Crippen molar-refractivity contribution in [3.05, 3.63) is 52.9 Å². The molecule has 2 N–H and O–H groups in total. The van der Waals surface area contributed by atoms with Gasteiger partial charge in [0.1, 0.15) is 5.76 Å². The third-order valence-corrected chi connectivity index (χ3v) is 4.49. The highest BCUT2D eigenvalue weighted by molar-refractivity contribution is 7.98. The number of benzene rings is 1. The quantitative estimate of drug-likeness (QED) is 0.797. The predicted octanol–water partition coefficient (Wildman–Crippen LogP) is 4.51. The Morgan fingerprint density at radius 3 is 2.84 bits per heavy atom. The van der Waals surface area contributed by atoms with Crippen LogP contribution in [0.3, 0.4) is 0 Å². The molecule has 1 atom stereocenters. The number of nitrogens with two attached hydrogens (primary N) is 1. The molecule has 0 spiro atoms. The lowest BCUT2D eigenvalue weighted by molar-refractivity contribution is 0.530. The van der Waals surface area contributed by atoms with Crippen molar-refractivity contribution in [1.29, 1.82) is 0 Å². The van der Waals surface area contributed by atoms with E-state index in [1.807, 2.05) is 24.3 Å². The number of halogens is 1. The van der Waals surface area contributed by atoms with Gasteiger partial charge in [0.2, 0.25) is 0 Å². The van der Waals surface area contributed by atoms with E-state index in [0.29, 0.717) is 0 Å². The normalized spacial score (nSPS) is 12.6. The molecule has 0 bridgehead atoms. The fraction of sp³-hybridized carbons (Fsp3) is 0.333. The van der Waals surface area contributed by atoms with Crippen molar-refractivity contribution in [1.82, 2.24) is 0 Å². The van der Waals surface area contributed by atoms with Crippen molar-refractivity contribution < 1.29 is 4.42 Å². The lowest BCUT2D eigenvalue weighted by Gasteiger charge is -2.14. The summed E-state index contributed by atoms with van der Waals surface area (Å²) in [6.45, 7) is 2.09. The number of rotatable bonds is 6. The van der Waals surface area contributed by atoms with E-state index in [4.69, 9.17) is 21.8 Å². The van der Waals surface area contributed by atoms with Crippen molar-refractivity contribution in [2.75, 3.05) is 0 Å². The first-order chi connectivity index (χ1) is 9.20. The molecule has 0 aliphatic heterocycles. The van der Waals surface area contributed by atoms with E-state index in [1.165, 1.54) is 4.90 Å². The highest BCUT2D eigenvalue weighted by Crippen LogP contribution is 2.31. The Morgan fingerprint density at radius 1 is 1.32 bits per heavy atom. The molecule has 1 aromatic carbocycles. The van der Waals surface area contributed by atoms with Gasteiger partial charge in [0.25, 0.3) is 0 Å². The molecule has 0 radical (unpaired) electrons. The van der Waals surface area contributed by atoms with Gasteiger partial charge in [0.05, 0.1) is 12.0 Å². The Hall–Kier alpha value is -0.900. The van der Waals surface area contributed by atoms with Crippen molar-refractivity contribution in [2.24, 2.45) is 5.73 Å². The molecule has 0 saturated carbocycles. The van der Waals surface area contributed by atoms with Crippen molar-refractivity contribution >= 4 is 23.4 Å². The van der Waals surface area contributed by atoms with Crippen LogP contribution in [0.15, 0.2) is 45.9 Å². The monoisotopic (exact) mass is 295 g/mol. The van der Waals surface area contributed by atoms with E-state index >= 15 is 0 Å². The van der Waals surface area contributed by atoms with Gasteiger partial charge in [0.15, 0.2) is 0 Å². The second-order valence-corrected chi connectivity index (χ2v) is 5.88. The van der Waals surface area contributed by atoms with Crippen LogP contribution in [0.4, 0.5) is 0 Å². The SMILES string of the molecule is CCC(N)Cc1c(Cl)cccc1SCc1ccco1. The molecule has 19 heavy (non-hydrogen) atoms. The van der Waals surface area contributed by atoms with Crippen LogP contribution in [-0.4, -0.2) is 6.04 Å². The minimum absolute atomic E-state index is 0.155. The smallest absolute Gasteiger partial charge is 0.113 e. The molecule has 2 aromatic rings. The van der Waals surface area contributed by atoms with Gasteiger partial charge in [-0.3, -0.25) is 0 Å². The van der Waals surface area contributed by atoms with Crippen LogP contribution in [0.25, 0.3) is 0 Å². The molecular weight excluding hydrogens is 278 g/mol. The van der Waals surface area contributed by atoms with E-state index in [-0.39, 0.29) is 6.04 Å². The van der Waals surface area contributed by atoms with Gasteiger partial charge in [-0.15, -0.1) is 11.8 Å². The van der Waals surface area contributed by atoms with Gasteiger partial charge in [-0.25, -0.2) is 0 Å². The molecule has 0 amide bonds. The van der Waals surface area contributed by atoms with Crippen LogP contribution in [0.5, 0.6) is 0 Å². The van der Waals surface area contributed by atoms with Crippen molar-refractivity contribution in [2.45, 2.75) is 36.5 Å². The first-order valence-corrected chi connectivity index (χ1v) is 7.75. The van der Waals surface area contributed by atoms with E-state index in [9.17, 15) is 0 Å². The second kappa shape index (κ2) is 7.04. The van der Waals surface area contributed by atoms with E-state index in [2.05, 4.69) is 13.0 Å². The summed E-state index contributed by atoms with van der Waals surface area (Å²) in [5.74, 6) is 1.78. The Labute approximate surface area is 123 Å². The van der Waals surface area contributed by atoms with Crippen LogP contribution in [0.2, 0.25) is 5.02 Å². The second-order valence-electron chi connectivity index (χ2n) is 4.46. The molecule has 2 rings (SSSR count). The van der Waals surface area contributed by atoms with Crippen LogP contribution in [0.1, 0.15) is 24.7 Å². The molecule has 1 heterocycles. The first kappa shape index (κ1) is 14.5. The predicted molar refractivity (Wildman–Crippen MR) is 81.7 cm³/mol. The maximum atomic E-state index is 6.30. The number of thioether (sulfide) groups is 1. The molecule has 0 aliphatic carbocycles. The van der Waals surface area contributed by atoms with Gasteiger partial charge in [-0.2, -0.15) is 0 Å². The minimum atomic E-state index is 0.155. The highest BCUT2D eigenvalue weighted by Gasteiger charge is 2.11. The zero-order valence-corrected chi connectivity index (χ0v) is 12.5. The van der Waals surface area contributed by atoms with E-state index < -0.39 is 0 Å². The van der Waals surface area contributed by atoms with Crippen LogP contribution in [0, 0.1) is 0 Å². The Morgan fingerprint density at radius 2 is 2.16 bits per heavy atom. The summed E-state index contributed by atoms with van der Waals surface area (Å²) in [6.07, 6.45) is 3.46. The zero-order chi connectivity index (χ0) is 13.7. The summed E-state index contributed by atoms with van der Waals surface area (Å²) in [5.41, 5.74) is 7.20. The van der Waals surface area contributed by atoms with Crippen molar-refractivity contribution in [3.8, 4) is 0 Å². The van der Waals surface area contributed by atoms with Crippen LogP contribution >= 0.6 is 23.4 Å². The molecule has 0 fully saturated rings. The summed E-state index contributed by atoms with van der Waals surface area (Å²) >= 11 is 8.04. The number of hydrogen-bond donors (Lipinski definition) is 1. The molecule has 2 nitrogen and oxygen atoms in total. The molecule has 0 saturated heterocycles. The number of furan rings is 1. The first-order valence-electron chi connectivity index (χ1n) is 6.39. The topological polar surface area (TPSA) is 39.2 Å². The zero-order valence-electron chi connectivity index (χ0n) is 10.9. The molecule has 4 heteroatoms. The molecule has 1 aromatic heterocycles. The maximum Gasteiger partial charge on any atom is 0.113 e. The maximum absolute atomic E-state index is 6.30. The summed E-state index contributed by atoms with van der Waals surface area (Å²) < 4.78 is 5.35. The fourth-order valence-corrected chi connectivity index (χ4v) is 3.13. The number of hydrogen-bond acceptors (Lipinski definition) is 3. The van der Waals surface area contributed by atoms with Gasteiger partial charge in [0, 0.05) is 16.0 Å². The summed E-state index contributed by atoms with van der Waals surface area (Å²) in [5, 5.41) is 0.799. The molecule has 0 aliphatic rings. The Bertz CT molecular complexity index is 513. The fourth-order valence-electron chi connectivity index (χ4n) is 1.82. The highest BCUT2D eigenvalue weighted by atomic mass is 35.5. The Kier molecular flexibility index (Phi) is 5.37. The van der Waals surface area contributed by atoms with E-state index in [1.54, 1.807) is 18.0 Å². The van der Waals surface area contributed by atoms with Crippen molar-refractivity contribution in [3.63, 3.8) is 0 Å². The van der Waals surface area contributed by atoms with Gasteiger partial charge < -0.3 is 10.2 Å². The largest absolute Gasteiger partial charge is 0.468 e. The van der Waals surface area contributed by atoms with Crippen LogP contribution < -0.4 is 5.73 Å². The third-order valence-electron chi connectivity index (χ3n) is 3.02. The molecule has 1 unspecified atom stereocenters. The average Bonchev–Trinajstić information content (AvgIpc) is 2.92. The summed E-state index contributed by atoms with van der Waals surface area (Å²) in [6, 6.07) is 10.0. The molecular formula is C15H18ClNOS. The minimum Gasteiger partial charge on any atom is -0.468 e. The average molecular weight is 296 g/mol. The van der Waals surface area contributed by atoms with Gasteiger partial charge in [-0.1, -0.05) is 24.6 Å². The standard InChI is InChI=1S/C15H18ClNOS/c1-2-11(17)9-13-14(16)6-3-7-15(13)19-10-12-5-4-8-18-12/h3-8,11H,2,9-10,17H2,1H3. The van der Waals surface area contributed by atoms with Gasteiger partial charge >= 0.3 is 0 Å². The summed E-state index contributed by atoms with van der Waals surface area (Å²) in [7, 11) is 0. The molecule has 102 valence electrons. The third kappa shape index (κ3) is 4.03. The van der Waals surface area contributed by atoms with Crippen LogP contribution in [-0.2, 0) is 12.2 Å². The van der Waals surface area contributed by atoms with Gasteiger partial charge in [-0.05, 0) is 42.7 Å².